The monoisotopic (exact) mass is 498 g/mol. The van der Waals surface area contributed by atoms with Crippen molar-refractivity contribution in [3.05, 3.63) is 107 Å². The number of hydrogen-bond acceptors (Lipinski definition) is 7. The quantitative estimate of drug-likeness (QED) is 0.129. The standard InChI is InChI=1S/C28H22N2O7/c31-26(20-8-12-22(13-9-20)37-23-14-10-21(11-15-23)30(34)35)18-36-28(33)17-16-27(32)29-25-7-3-5-19-4-1-2-6-24(19)25/h1-15H,16-18H2,(H,29,32). The van der Waals surface area contributed by atoms with Gasteiger partial charge in [0.2, 0.25) is 5.91 Å². The highest BCUT2D eigenvalue weighted by atomic mass is 16.6. The zero-order valence-corrected chi connectivity index (χ0v) is 19.6. The third kappa shape index (κ3) is 6.76. The number of nitro groups is 1. The van der Waals surface area contributed by atoms with Crippen LogP contribution in [0.5, 0.6) is 11.5 Å². The van der Waals surface area contributed by atoms with Gasteiger partial charge in [0.05, 0.1) is 11.3 Å². The second kappa shape index (κ2) is 11.6. The lowest BCUT2D eigenvalue weighted by atomic mass is 10.1. The third-order valence-corrected chi connectivity index (χ3v) is 5.44. The van der Waals surface area contributed by atoms with Gasteiger partial charge in [0, 0.05) is 35.2 Å². The Morgan fingerprint density at radius 1 is 0.784 bits per heavy atom. The van der Waals surface area contributed by atoms with Crippen LogP contribution < -0.4 is 10.1 Å². The molecule has 0 bridgehead atoms. The van der Waals surface area contributed by atoms with Gasteiger partial charge < -0.3 is 14.8 Å². The van der Waals surface area contributed by atoms with E-state index in [1.807, 2.05) is 36.4 Å². The van der Waals surface area contributed by atoms with Crippen LogP contribution >= 0.6 is 0 Å². The molecule has 0 fully saturated rings. The molecule has 0 unspecified atom stereocenters. The Balaban J connectivity index is 1.22. The lowest BCUT2D eigenvalue weighted by molar-refractivity contribution is -0.384. The van der Waals surface area contributed by atoms with Gasteiger partial charge in [0.25, 0.3) is 5.69 Å². The molecule has 1 amide bonds. The molecule has 4 aromatic carbocycles. The molecule has 4 aromatic rings. The van der Waals surface area contributed by atoms with Gasteiger partial charge in [-0.25, -0.2) is 0 Å². The number of benzene rings is 4. The number of carbonyl (C=O) groups excluding carboxylic acids is 3. The maximum atomic E-state index is 12.4. The average Bonchev–Trinajstić information content (AvgIpc) is 2.91. The Hall–Kier alpha value is -5.05. The number of ketones is 1. The molecular formula is C28H22N2O7. The van der Waals surface area contributed by atoms with Crippen molar-refractivity contribution >= 4 is 39.8 Å². The van der Waals surface area contributed by atoms with E-state index in [4.69, 9.17) is 9.47 Å². The zero-order valence-electron chi connectivity index (χ0n) is 19.6. The summed E-state index contributed by atoms with van der Waals surface area (Å²) in [7, 11) is 0. The van der Waals surface area contributed by atoms with Crippen molar-refractivity contribution in [2.75, 3.05) is 11.9 Å². The highest BCUT2D eigenvalue weighted by Crippen LogP contribution is 2.25. The molecule has 9 nitrogen and oxygen atoms in total. The minimum absolute atomic E-state index is 0.0479. The predicted octanol–water partition coefficient (Wildman–Crippen LogP) is 5.69. The van der Waals surface area contributed by atoms with E-state index in [9.17, 15) is 24.5 Å². The predicted molar refractivity (Wildman–Crippen MR) is 137 cm³/mol. The van der Waals surface area contributed by atoms with Gasteiger partial charge in [-0.1, -0.05) is 36.4 Å². The van der Waals surface area contributed by atoms with Crippen molar-refractivity contribution < 1.29 is 28.8 Å². The number of rotatable bonds is 10. The lowest BCUT2D eigenvalue weighted by Crippen LogP contribution is -2.17. The molecule has 4 rings (SSSR count). The van der Waals surface area contributed by atoms with Crippen LogP contribution in [0, 0.1) is 10.1 Å². The van der Waals surface area contributed by atoms with Crippen LogP contribution in [-0.2, 0) is 14.3 Å². The fraction of sp³-hybridized carbons (Fsp3) is 0.107. The first kappa shape index (κ1) is 25.1. The SMILES string of the molecule is O=C(CCC(=O)OCC(=O)c1ccc(Oc2ccc([N+](=O)[O-])cc2)cc1)Nc1cccc2ccccc12. The van der Waals surface area contributed by atoms with E-state index in [1.165, 1.54) is 36.4 Å². The number of nitrogens with zero attached hydrogens (tertiary/aromatic N) is 1. The summed E-state index contributed by atoms with van der Waals surface area (Å²) in [4.78, 5) is 46.9. The van der Waals surface area contributed by atoms with Gasteiger partial charge in [-0.15, -0.1) is 0 Å². The summed E-state index contributed by atoms with van der Waals surface area (Å²) >= 11 is 0. The molecule has 37 heavy (non-hydrogen) atoms. The van der Waals surface area contributed by atoms with Gasteiger partial charge in [-0.05, 0) is 47.9 Å². The largest absolute Gasteiger partial charge is 0.457 e. The minimum Gasteiger partial charge on any atom is -0.457 e. The Kier molecular flexibility index (Phi) is 7.85. The minimum atomic E-state index is -0.653. The summed E-state index contributed by atoms with van der Waals surface area (Å²) in [6.45, 7) is -0.452. The number of carbonyl (C=O) groups is 3. The molecule has 0 aliphatic heterocycles. The average molecular weight is 498 g/mol. The van der Waals surface area contributed by atoms with Crippen LogP contribution in [0.3, 0.4) is 0 Å². The van der Waals surface area contributed by atoms with Crippen molar-refractivity contribution in [3.8, 4) is 11.5 Å². The van der Waals surface area contributed by atoms with Crippen LogP contribution in [0.2, 0.25) is 0 Å². The van der Waals surface area contributed by atoms with E-state index >= 15 is 0 Å². The molecule has 1 N–H and O–H groups in total. The number of ether oxygens (including phenoxy) is 2. The summed E-state index contributed by atoms with van der Waals surface area (Å²) in [6.07, 6.45) is -0.239. The summed E-state index contributed by atoms with van der Waals surface area (Å²) in [5, 5.41) is 15.4. The number of anilines is 1. The first-order chi connectivity index (χ1) is 17.9. The molecular weight excluding hydrogens is 476 g/mol. The molecule has 186 valence electrons. The van der Waals surface area contributed by atoms with Crippen molar-refractivity contribution in [1.82, 2.24) is 0 Å². The number of non-ortho nitro benzene ring substituents is 1. The molecule has 0 aromatic heterocycles. The van der Waals surface area contributed by atoms with Crippen molar-refractivity contribution in [1.29, 1.82) is 0 Å². The molecule has 0 radical (unpaired) electrons. The number of Topliss-reactive ketones (excluding diaryl/α,β-unsaturated/α-hetero) is 1. The Morgan fingerprint density at radius 3 is 2.14 bits per heavy atom. The van der Waals surface area contributed by atoms with Gasteiger partial charge in [-0.3, -0.25) is 24.5 Å². The second-order valence-electron chi connectivity index (χ2n) is 8.04. The molecule has 0 saturated carbocycles. The van der Waals surface area contributed by atoms with Crippen LogP contribution in [0.25, 0.3) is 10.8 Å². The first-order valence-corrected chi connectivity index (χ1v) is 11.4. The normalized spacial score (nSPS) is 10.5. The molecule has 0 aliphatic rings. The van der Waals surface area contributed by atoms with Crippen LogP contribution in [-0.4, -0.2) is 29.2 Å². The highest BCUT2D eigenvalue weighted by molar-refractivity contribution is 6.02. The van der Waals surface area contributed by atoms with Gasteiger partial charge >= 0.3 is 5.97 Å². The van der Waals surface area contributed by atoms with Gasteiger partial charge in [-0.2, -0.15) is 0 Å². The summed E-state index contributed by atoms with van der Waals surface area (Å²) in [6, 6.07) is 25.0. The molecule has 0 heterocycles. The van der Waals surface area contributed by atoms with Crippen LogP contribution in [0.4, 0.5) is 11.4 Å². The summed E-state index contributed by atoms with van der Waals surface area (Å²) in [5.74, 6) is -0.555. The topological polar surface area (TPSA) is 125 Å². The smallest absolute Gasteiger partial charge is 0.306 e. The van der Waals surface area contributed by atoms with Crippen molar-refractivity contribution in [2.24, 2.45) is 0 Å². The highest BCUT2D eigenvalue weighted by Gasteiger charge is 2.13. The summed E-state index contributed by atoms with van der Waals surface area (Å²) < 4.78 is 10.6. The fourth-order valence-electron chi connectivity index (χ4n) is 3.55. The van der Waals surface area contributed by atoms with E-state index in [1.54, 1.807) is 18.2 Å². The van der Waals surface area contributed by atoms with E-state index in [2.05, 4.69) is 5.32 Å². The Morgan fingerprint density at radius 2 is 1.43 bits per heavy atom. The van der Waals surface area contributed by atoms with E-state index in [0.717, 1.165) is 10.8 Å². The van der Waals surface area contributed by atoms with Crippen LogP contribution in [0.1, 0.15) is 23.2 Å². The third-order valence-electron chi connectivity index (χ3n) is 5.44. The number of hydrogen-bond donors (Lipinski definition) is 1. The lowest BCUT2D eigenvalue weighted by Gasteiger charge is -2.09. The van der Waals surface area contributed by atoms with E-state index in [-0.39, 0.29) is 24.4 Å². The molecule has 0 atom stereocenters. The first-order valence-electron chi connectivity index (χ1n) is 11.4. The maximum absolute atomic E-state index is 12.4. The van der Waals surface area contributed by atoms with Crippen molar-refractivity contribution in [3.63, 3.8) is 0 Å². The van der Waals surface area contributed by atoms with E-state index in [0.29, 0.717) is 22.7 Å². The fourth-order valence-corrected chi connectivity index (χ4v) is 3.55. The number of fused-ring (bicyclic) bond motifs is 1. The zero-order chi connectivity index (χ0) is 26.2. The van der Waals surface area contributed by atoms with Gasteiger partial charge in [0.15, 0.2) is 12.4 Å². The Labute approximate surface area is 211 Å². The number of nitro benzene ring substituents is 1. The van der Waals surface area contributed by atoms with Crippen LogP contribution in [0.15, 0.2) is 91.0 Å². The maximum Gasteiger partial charge on any atom is 0.306 e. The molecule has 0 aliphatic carbocycles. The molecule has 0 spiro atoms. The van der Waals surface area contributed by atoms with Crippen molar-refractivity contribution in [2.45, 2.75) is 12.8 Å². The molecule has 9 heteroatoms. The van der Waals surface area contributed by atoms with E-state index < -0.39 is 23.3 Å². The number of amides is 1. The molecule has 0 saturated heterocycles. The Bertz CT molecular complexity index is 1440. The van der Waals surface area contributed by atoms with Gasteiger partial charge in [0.1, 0.15) is 11.5 Å². The number of nitrogens with one attached hydrogen (secondary N) is 1. The second-order valence-corrected chi connectivity index (χ2v) is 8.04. The number of esters is 1. The summed E-state index contributed by atoms with van der Waals surface area (Å²) in [5.41, 5.74) is 0.929.